The lowest BCUT2D eigenvalue weighted by Crippen LogP contribution is -2.33. The van der Waals surface area contributed by atoms with Crippen molar-refractivity contribution < 1.29 is 10.0 Å². The molecule has 3 heterocycles. The van der Waals surface area contributed by atoms with Gasteiger partial charge >= 0.3 is 7.12 Å². The molecule has 0 atom stereocenters. The highest BCUT2D eigenvalue weighted by Crippen LogP contribution is 2.20. The lowest BCUT2D eigenvalue weighted by atomic mass is 9.77. The molecule has 0 unspecified atom stereocenters. The van der Waals surface area contributed by atoms with Gasteiger partial charge in [0, 0.05) is 23.4 Å². The number of hydrogen-bond acceptors (Lipinski definition) is 4. The topological polar surface area (TPSA) is 71.2 Å². The summed E-state index contributed by atoms with van der Waals surface area (Å²) in [5, 5.41) is 23.6. The van der Waals surface area contributed by atoms with Gasteiger partial charge in [-0.3, -0.25) is 9.67 Å². The number of pyridine rings is 1. The van der Waals surface area contributed by atoms with Gasteiger partial charge in [-0.25, -0.2) is 0 Å². The summed E-state index contributed by atoms with van der Waals surface area (Å²) in [6.07, 6.45) is 1.84. The minimum absolute atomic E-state index is 0.505. The summed E-state index contributed by atoms with van der Waals surface area (Å²) in [6, 6.07) is 5.65. The van der Waals surface area contributed by atoms with Crippen LogP contribution in [-0.2, 0) is 13.0 Å². The van der Waals surface area contributed by atoms with Gasteiger partial charge in [-0.1, -0.05) is 6.07 Å². The molecule has 92 valence electrons. The molecular weight excluding hydrogens is 229 g/mol. The molecule has 0 fully saturated rings. The van der Waals surface area contributed by atoms with Gasteiger partial charge in [0.1, 0.15) is 5.69 Å². The summed E-state index contributed by atoms with van der Waals surface area (Å²) in [7, 11) is -1.50. The first kappa shape index (κ1) is 11.4. The van der Waals surface area contributed by atoms with Crippen molar-refractivity contribution in [3.8, 4) is 11.4 Å². The molecule has 0 saturated heterocycles. The first-order valence-electron chi connectivity index (χ1n) is 6.06. The Balaban J connectivity index is 2.18. The molecular formula is C12H14BN3O2. The summed E-state index contributed by atoms with van der Waals surface area (Å²) >= 11 is 0. The first-order valence-corrected chi connectivity index (χ1v) is 6.06. The maximum atomic E-state index is 9.56. The quantitative estimate of drug-likeness (QED) is 0.721. The Morgan fingerprint density at radius 1 is 1.33 bits per heavy atom. The maximum absolute atomic E-state index is 9.56. The van der Waals surface area contributed by atoms with Gasteiger partial charge in [-0.15, -0.1) is 0 Å². The highest BCUT2D eigenvalue weighted by Gasteiger charge is 2.30. The molecule has 0 aromatic carbocycles. The zero-order valence-corrected chi connectivity index (χ0v) is 10.2. The number of nitrogens with zero attached hydrogens (tertiary/aromatic N) is 3. The van der Waals surface area contributed by atoms with Gasteiger partial charge in [0.15, 0.2) is 0 Å². The van der Waals surface area contributed by atoms with Crippen molar-refractivity contribution in [2.24, 2.45) is 0 Å². The maximum Gasteiger partial charge on any atom is 0.492 e. The molecule has 0 bridgehead atoms. The molecule has 18 heavy (non-hydrogen) atoms. The molecule has 1 aliphatic heterocycles. The minimum Gasteiger partial charge on any atom is -0.423 e. The van der Waals surface area contributed by atoms with Crippen LogP contribution < -0.4 is 5.46 Å². The third-order valence-electron chi connectivity index (χ3n) is 3.27. The molecule has 0 amide bonds. The number of aryl methyl sites for hydroxylation is 2. The molecule has 5 nitrogen and oxygen atoms in total. The monoisotopic (exact) mass is 243 g/mol. The van der Waals surface area contributed by atoms with Crippen LogP contribution >= 0.6 is 0 Å². The second kappa shape index (κ2) is 4.22. The number of fused-ring (bicyclic) bond motifs is 1. The number of aromatic nitrogens is 3. The third-order valence-corrected chi connectivity index (χ3v) is 3.27. The molecule has 2 aromatic heterocycles. The molecule has 2 aromatic rings. The summed E-state index contributed by atoms with van der Waals surface area (Å²) in [6.45, 7) is 2.74. The normalized spacial score (nSPS) is 13.7. The van der Waals surface area contributed by atoms with Crippen molar-refractivity contribution in [2.45, 2.75) is 26.3 Å². The van der Waals surface area contributed by atoms with Crippen LogP contribution in [0.1, 0.15) is 17.8 Å². The van der Waals surface area contributed by atoms with E-state index in [1.807, 2.05) is 29.8 Å². The molecule has 0 radical (unpaired) electrons. The fourth-order valence-electron chi connectivity index (χ4n) is 2.49. The molecule has 2 N–H and O–H groups in total. The van der Waals surface area contributed by atoms with Crippen LogP contribution in [0.2, 0.25) is 0 Å². The van der Waals surface area contributed by atoms with Crippen molar-refractivity contribution in [3.63, 3.8) is 0 Å². The Morgan fingerprint density at radius 3 is 2.89 bits per heavy atom. The van der Waals surface area contributed by atoms with Gasteiger partial charge in [0.05, 0.1) is 5.69 Å². The second-order valence-electron chi connectivity index (χ2n) is 4.57. The number of hydrogen-bond donors (Lipinski definition) is 2. The fourth-order valence-corrected chi connectivity index (χ4v) is 2.49. The van der Waals surface area contributed by atoms with Crippen molar-refractivity contribution in [1.29, 1.82) is 0 Å². The molecule has 3 rings (SSSR count). The highest BCUT2D eigenvalue weighted by atomic mass is 16.4. The Morgan fingerprint density at radius 2 is 2.17 bits per heavy atom. The predicted molar refractivity (Wildman–Crippen MR) is 68.3 cm³/mol. The average Bonchev–Trinajstić information content (AvgIpc) is 2.87. The van der Waals surface area contributed by atoms with Crippen molar-refractivity contribution in [2.75, 3.05) is 0 Å². The minimum atomic E-state index is -1.50. The molecule has 0 aliphatic carbocycles. The van der Waals surface area contributed by atoms with E-state index in [-0.39, 0.29) is 0 Å². The van der Waals surface area contributed by atoms with Gasteiger partial charge in [0.25, 0.3) is 0 Å². The van der Waals surface area contributed by atoms with E-state index < -0.39 is 7.12 Å². The summed E-state index contributed by atoms with van der Waals surface area (Å²) in [5.74, 6) is 0. The molecule has 1 aliphatic rings. The van der Waals surface area contributed by atoms with Crippen LogP contribution in [0.3, 0.4) is 0 Å². The summed E-state index contributed by atoms with van der Waals surface area (Å²) in [5.41, 5.74) is 3.59. The third kappa shape index (κ3) is 1.74. The lowest BCUT2D eigenvalue weighted by Gasteiger charge is -2.03. The zero-order valence-electron chi connectivity index (χ0n) is 10.2. The molecule has 0 saturated carbocycles. The van der Waals surface area contributed by atoms with E-state index in [0.29, 0.717) is 16.9 Å². The van der Waals surface area contributed by atoms with Gasteiger partial charge < -0.3 is 10.0 Å². The van der Waals surface area contributed by atoms with E-state index in [1.54, 1.807) is 0 Å². The standard InChI is InChI=1S/C12H14BN3O2/c1-8-4-2-5-9(14-8)12-11(13(17)18)10-6-3-7-16(10)15-12/h2,4-5,17-18H,3,6-7H2,1H3. The van der Waals surface area contributed by atoms with E-state index in [2.05, 4.69) is 10.1 Å². The van der Waals surface area contributed by atoms with E-state index in [4.69, 9.17) is 0 Å². The Bertz CT molecular complexity index is 595. The first-order chi connectivity index (χ1) is 8.66. The van der Waals surface area contributed by atoms with Gasteiger partial charge in [-0.2, -0.15) is 5.10 Å². The van der Waals surface area contributed by atoms with E-state index in [9.17, 15) is 10.0 Å². The van der Waals surface area contributed by atoms with E-state index in [1.165, 1.54) is 0 Å². The van der Waals surface area contributed by atoms with Crippen LogP contribution in [-0.4, -0.2) is 31.9 Å². The lowest BCUT2D eigenvalue weighted by molar-refractivity contribution is 0.425. The SMILES string of the molecule is Cc1cccc(-c2nn3c(c2B(O)O)CCC3)n1. The Labute approximate surface area is 105 Å². The van der Waals surface area contributed by atoms with Gasteiger partial charge in [-0.05, 0) is 31.9 Å². The van der Waals surface area contributed by atoms with Crippen LogP contribution in [0.4, 0.5) is 0 Å². The van der Waals surface area contributed by atoms with E-state index >= 15 is 0 Å². The largest absolute Gasteiger partial charge is 0.492 e. The summed E-state index contributed by atoms with van der Waals surface area (Å²) in [4.78, 5) is 4.40. The van der Waals surface area contributed by atoms with Crippen molar-refractivity contribution >= 4 is 12.6 Å². The van der Waals surface area contributed by atoms with Crippen LogP contribution in [0.5, 0.6) is 0 Å². The highest BCUT2D eigenvalue weighted by molar-refractivity contribution is 6.61. The van der Waals surface area contributed by atoms with E-state index in [0.717, 1.165) is 30.8 Å². The zero-order chi connectivity index (χ0) is 12.7. The summed E-state index contributed by atoms with van der Waals surface area (Å²) < 4.78 is 1.86. The van der Waals surface area contributed by atoms with Crippen LogP contribution in [0, 0.1) is 6.92 Å². The Hall–Kier alpha value is -1.66. The van der Waals surface area contributed by atoms with Crippen molar-refractivity contribution in [1.82, 2.24) is 14.8 Å². The van der Waals surface area contributed by atoms with Gasteiger partial charge in [0.2, 0.25) is 0 Å². The average molecular weight is 243 g/mol. The van der Waals surface area contributed by atoms with Crippen LogP contribution in [0.25, 0.3) is 11.4 Å². The fraction of sp³-hybridized carbons (Fsp3) is 0.333. The second-order valence-corrected chi connectivity index (χ2v) is 4.57. The molecule has 6 heteroatoms. The van der Waals surface area contributed by atoms with Crippen LogP contribution in [0.15, 0.2) is 18.2 Å². The molecule has 0 spiro atoms. The smallest absolute Gasteiger partial charge is 0.423 e. The van der Waals surface area contributed by atoms with Crippen molar-refractivity contribution in [3.05, 3.63) is 29.6 Å². The predicted octanol–water partition coefficient (Wildman–Crippen LogP) is -0.120. The Kier molecular flexibility index (Phi) is 2.68. The number of rotatable bonds is 2.